The largest absolute Gasteiger partial charge is 0.493 e. The lowest BCUT2D eigenvalue weighted by molar-refractivity contribution is -0.131. The first-order chi connectivity index (χ1) is 9.27. The molecule has 0 N–H and O–H groups in total. The minimum Gasteiger partial charge on any atom is -0.493 e. The molecule has 0 bridgehead atoms. The number of rotatable bonds is 6. The molecule has 1 rings (SSSR count). The predicted molar refractivity (Wildman–Crippen MR) is 76.3 cm³/mol. The Hall–Kier alpha value is -0.620. The van der Waals surface area contributed by atoms with Crippen LogP contribution in [-0.2, 0) is 6.42 Å². The molecule has 0 saturated heterocycles. The Bertz CT molecular complexity index is 440. The Kier molecular flexibility index (Phi) is 6.45. The molecule has 0 fully saturated rings. The zero-order valence-corrected chi connectivity index (χ0v) is 13.3. The molecule has 2 atom stereocenters. The van der Waals surface area contributed by atoms with Gasteiger partial charge in [0.25, 0.3) is 0 Å². The van der Waals surface area contributed by atoms with Crippen molar-refractivity contribution in [2.45, 2.75) is 29.2 Å². The topological polar surface area (TPSA) is 18.5 Å². The summed E-state index contributed by atoms with van der Waals surface area (Å²) in [6.07, 6.45) is -4.16. The Balaban J connectivity index is 2.69. The summed E-state index contributed by atoms with van der Waals surface area (Å²) >= 11 is 8.56. The van der Waals surface area contributed by atoms with Gasteiger partial charge in [-0.15, -0.1) is 11.6 Å². The molecule has 0 aliphatic carbocycles. The molecule has 2 nitrogen and oxygen atoms in total. The maximum Gasteiger partial charge on any atom is 0.404 e. The van der Waals surface area contributed by atoms with Crippen molar-refractivity contribution in [3.8, 4) is 11.5 Å². The van der Waals surface area contributed by atoms with E-state index in [-0.39, 0.29) is 11.2 Å². The van der Waals surface area contributed by atoms with E-state index in [0.29, 0.717) is 17.9 Å². The fraction of sp³-hybridized carbons (Fsp3) is 0.538. The van der Waals surface area contributed by atoms with Crippen molar-refractivity contribution in [2.24, 2.45) is 0 Å². The Labute approximate surface area is 129 Å². The standard InChI is InChI=1S/C13H15BrClF3O2/c1-19-10-4-3-8(6-11(10)20-2)5-9(14)7-12(15)13(16,17)18/h3-4,6,9,12H,5,7H2,1-2H3. The van der Waals surface area contributed by atoms with Gasteiger partial charge in [0.1, 0.15) is 5.38 Å². The number of halogens is 5. The maximum atomic E-state index is 12.4. The van der Waals surface area contributed by atoms with Crippen LogP contribution in [0.1, 0.15) is 12.0 Å². The van der Waals surface area contributed by atoms with E-state index < -0.39 is 11.6 Å². The number of methoxy groups -OCH3 is 2. The summed E-state index contributed by atoms with van der Waals surface area (Å²) in [7, 11) is 3.03. The van der Waals surface area contributed by atoms with Gasteiger partial charge in [-0.2, -0.15) is 13.2 Å². The van der Waals surface area contributed by atoms with Crippen LogP contribution < -0.4 is 9.47 Å². The fourth-order valence-corrected chi connectivity index (χ4v) is 2.88. The molecular formula is C13H15BrClF3O2. The lowest BCUT2D eigenvalue weighted by Crippen LogP contribution is -2.26. The number of hydrogen-bond acceptors (Lipinski definition) is 2. The first kappa shape index (κ1) is 17.4. The van der Waals surface area contributed by atoms with Crippen LogP contribution in [0.2, 0.25) is 0 Å². The van der Waals surface area contributed by atoms with Crippen molar-refractivity contribution in [1.82, 2.24) is 0 Å². The lowest BCUT2D eigenvalue weighted by atomic mass is 10.1. The summed E-state index contributed by atoms with van der Waals surface area (Å²) in [4.78, 5) is -0.371. The van der Waals surface area contributed by atoms with Crippen LogP contribution in [0.5, 0.6) is 11.5 Å². The molecule has 114 valence electrons. The van der Waals surface area contributed by atoms with E-state index in [0.717, 1.165) is 5.56 Å². The monoisotopic (exact) mass is 374 g/mol. The van der Waals surface area contributed by atoms with E-state index in [4.69, 9.17) is 21.1 Å². The number of alkyl halides is 5. The van der Waals surface area contributed by atoms with Crippen LogP contribution in [0.3, 0.4) is 0 Å². The molecule has 20 heavy (non-hydrogen) atoms. The van der Waals surface area contributed by atoms with Crippen LogP contribution in [-0.4, -0.2) is 30.6 Å². The minimum absolute atomic E-state index is 0.195. The molecule has 7 heteroatoms. The summed E-state index contributed by atoms with van der Waals surface area (Å²) in [5.41, 5.74) is 0.843. The third-order valence-electron chi connectivity index (χ3n) is 2.72. The molecule has 0 spiro atoms. The van der Waals surface area contributed by atoms with Gasteiger partial charge in [-0.05, 0) is 30.5 Å². The van der Waals surface area contributed by atoms with Gasteiger partial charge in [0.2, 0.25) is 0 Å². The molecule has 2 unspecified atom stereocenters. The van der Waals surface area contributed by atoms with Crippen molar-refractivity contribution in [1.29, 1.82) is 0 Å². The Morgan fingerprint density at radius 3 is 2.30 bits per heavy atom. The first-order valence-electron chi connectivity index (χ1n) is 5.83. The molecule has 0 heterocycles. The molecule has 1 aromatic rings. The maximum absolute atomic E-state index is 12.4. The molecule has 0 radical (unpaired) electrons. The highest BCUT2D eigenvalue weighted by molar-refractivity contribution is 9.09. The van der Waals surface area contributed by atoms with Crippen LogP contribution in [0.25, 0.3) is 0 Å². The van der Waals surface area contributed by atoms with E-state index in [2.05, 4.69) is 15.9 Å². The van der Waals surface area contributed by atoms with Gasteiger partial charge in [0.15, 0.2) is 11.5 Å². The predicted octanol–water partition coefficient (Wildman–Crippen LogP) is 4.57. The van der Waals surface area contributed by atoms with E-state index in [1.165, 1.54) is 14.2 Å². The van der Waals surface area contributed by atoms with Crippen molar-refractivity contribution in [3.05, 3.63) is 23.8 Å². The van der Waals surface area contributed by atoms with Crippen molar-refractivity contribution < 1.29 is 22.6 Å². The summed E-state index contributed by atoms with van der Waals surface area (Å²) in [6, 6.07) is 5.24. The molecule has 0 aliphatic heterocycles. The second kappa shape index (κ2) is 7.41. The second-order valence-electron chi connectivity index (χ2n) is 4.24. The smallest absolute Gasteiger partial charge is 0.404 e. The average molecular weight is 376 g/mol. The van der Waals surface area contributed by atoms with Gasteiger partial charge in [-0.3, -0.25) is 0 Å². The highest BCUT2D eigenvalue weighted by Gasteiger charge is 2.39. The van der Waals surface area contributed by atoms with Gasteiger partial charge in [-0.25, -0.2) is 0 Å². The molecule has 0 amide bonds. The van der Waals surface area contributed by atoms with Crippen LogP contribution in [0, 0.1) is 0 Å². The van der Waals surface area contributed by atoms with Gasteiger partial charge in [0.05, 0.1) is 14.2 Å². The van der Waals surface area contributed by atoms with Gasteiger partial charge >= 0.3 is 6.18 Å². The highest BCUT2D eigenvalue weighted by atomic mass is 79.9. The zero-order chi connectivity index (χ0) is 15.3. The lowest BCUT2D eigenvalue weighted by Gasteiger charge is -2.17. The quantitative estimate of drug-likeness (QED) is 0.678. The molecular weight excluding hydrogens is 360 g/mol. The highest BCUT2D eigenvalue weighted by Crippen LogP contribution is 2.32. The Morgan fingerprint density at radius 1 is 1.20 bits per heavy atom. The zero-order valence-electron chi connectivity index (χ0n) is 11.0. The number of ether oxygens (including phenoxy) is 2. The van der Waals surface area contributed by atoms with E-state index >= 15 is 0 Å². The third kappa shape index (κ3) is 5.05. The fourth-order valence-electron chi connectivity index (χ4n) is 1.70. The molecule has 0 saturated carbocycles. The van der Waals surface area contributed by atoms with Crippen molar-refractivity contribution in [3.63, 3.8) is 0 Å². The second-order valence-corrected chi connectivity index (χ2v) is 6.06. The van der Waals surface area contributed by atoms with Crippen molar-refractivity contribution >= 4 is 27.5 Å². The van der Waals surface area contributed by atoms with Crippen LogP contribution in [0.15, 0.2) is 18.2 Å². The van der Waals surface area contributed by atoms with Gasteiger partial charge in [-0.1, -0.05) is 22.0 Å². The SMILES string of the molecule is COc1ccc(CC(Br)CC(Cl)C(F)(F)F)cc1OC. The third-order valence-corrected chi connectivity index (χ3v) is 3.85. The van der Waals surface area contributed by atoms with E-state index in [1.807, 2.05) is 0 Å². The normalized spacial score (nSPS) is 14.8. The summed E-state index contributed by atoms with van der Waals surface area (Å²) in [5.74, 6) is 1.12. The average Bonchev–Trinajstić information content (AvgIpc) is 2.37. The van der Waals surface area contributed by atoms with Crippen LogP contribution >= 0.6 is 27.5 Å². The number of hydrogen-bond donors (Lipinski definition) is 0. The molecule has 0 aromatic heterocycles. The Morgan fingerprint density at radius 2 is 1.80 bits per heavy atom. The summed E-state index contributed by atoms with van der Waals surface area (Å²) in [6.45, 7) is 0. The van der Waals surface area contributed by atoms with Gasteiger partial charge in [0, 0.05) is 4.83 Å². The molecule has 1 aromatic carbocycles. The van der Waals surface area contributed by atoms with E-state index in [9.17, 15) is 13.2 Å². The van der Waals surface area contributed by atoms with Crippen LogP contribution in [0.4, 0.5) is 13.2 Å². The first-order valence-corrected chi connectivity index (χ1v) is 7.19. The number of benzene rings is 1. The van der Waals surface area contributed by atoms with E-state index in [1.54, 1.807) is 18.2 Å². The summed E-state index contributed by atoms with van der Waals surface area (Å²) < 4.78 is 47.4. The van der Waals surface area contributed by atoms with Gasteiger partial charge < -0.3 is 9.47 Å². The summed E-state index contributed by atoms with van der Waals surface area (Å²) in [5, 5.41) is -1.85. The minimum atomic E-state index is -4.38. The van der Waals surface area contributed by atoms with Crippen molar-refractivity contribution in [2.75, 3.05) is 14.2 Å². The molecule has 0 aliphatic rings.